The summed E-state index contributed by atoms with van der Waals surface area (Å²) in [5, 5.41) is 4.06. The number of rotatable bonds is 3. The zero-order chi connectivity index (χ0) is 10.7. The molecule has 0 aliphatic carbocycles. The van der Waals surface area contributed by atoms with E-state index in [1.807, 2.05) is 19.1 Å². The highest BCUT2D eigenvalue weighted by molar-refractivity contribution is 7.85. The predicted molar refractivity (Wildman–Crippen MR) is 61.3 cm³/mol. The lowest BCUT2D eigenvalue weighted by atomic mass is 10.3. The second-order valence-electron chi connectivity index (χ2n) is 3.98. The SMILES string of the molecule is Cc1ccnc([S@@](=O)C[C@H]2CCCN2)c1. The average Bonchev–Trinajstić information content (AvgIpc) is 2.70. The minimum Gasteiger partial charge on any atom is -0.313 e. The van der Waals surface area contributed by atoms with Crippen molar-refractivity contribution in [2.75, 3.05) is 12.3 Å². The zero-order valence-electron chi connectivity index (χ0n) is 8.90. The molecule has 15 heavy (non-hydrogen) atoms. The maximum atomic E-state index is 12.0. The first kappa shape index (κ1) is 10.8. The van der Waals surface area contributed by atoms with Crippen molar-refractivity contribution in [3.8, 4) is 0 Å². The summed E-state index contributed by atoms with van der Waals surface area (Å²) in [4.78, 5) is 4.15. The van der Waals surface area contributed by atoms with Crippen molar-refractivity contribution in [2.45, 2.75) is 30.8 Å². The molecule has 1 N–H and O–H groups in total. The van der Waals surface area contributed by atoms with E-state index in [0.29, 0.717) is 16.8 Å². The van der Waals surface area contributed by atoms with Gasteiger partial charge in [-0.25, -0.2) is 4.98 Å². The largest absolute Gasteiger partial charge is 0.313 e. The van der Waals surface area contributed by atoms with Gasteiger partial charge >= 0.3 is 0 Å². The molecule has 2 rings (SSSR count). The maximum absolute atomic E-state index is 12.0. The van der Waals surface area contributed by atoms with Gasteiger partial charge in [-0.3, -0.25) is 4.21 Å². The van der Waals surface area contributed by atoms with E-state index in [1.165, 1.54) is 6.42 Å². The summed E-state index contributed by atoms with van der Waals surface area (Å²) in [6.07, 6.45) is 4.06. The minimum absolute atomic E-state index is 0.410. The van der Waals surface area contributed by atoms with E-state index in [-0.39, 0.29) is 0 Å². The highest BCUT2D eigenvalue weighted by Crippen LogP contribution is 2.11. The van der Waals surface area contributed by atoms with Gasteiger partial charge in [0.15, 0.2) is 0 Å². The highest BCUT2D eigenvalue weighted by atomic mass is 32.2. The molecule has 0 aromatic carbocycles. The van der Waals surface area contributed by atoms with Crippen LogP contribution < -0.4 is 5.32 Å². The number of nitrogens with zero attached hydrogens (tertiary/aromatic N) is 1. The van der Waals surface area contributed by atoms with Crippen LogP contribution in [0.2, 0.25) is 0 Å². The molecule has 1 aliphatic heterocycles. The van der Waals surface area contributed by atoms with Crippen molar-refractivity contribution in [1.29, 1.82) is 0 Å². The minimum atomic E-state index is -0.957. The molecule has 0 amide bonds. The average molecular weight is 224 g/mol. The van der Waals surface area contributed by atoms with E-state index in [2.05, 4.69) is 10.3 Å². The van der Waals surface area contributed by atoms with Crippen LogP contribution in [0, 0.1) is 6.92 Å². The fourth-order valence-corrected chi connectivity index (χ4v) is 3.12. The number of nitrogens with one attached hydrogen (secondary N) is 1. The Bertz CT molecular complexity index is 361. The topological polar surface area (TPSA) is 42.0 Å². The Morgan fingerprint density at radius 1 is 1.67 bits per heavy atom. The van der Waals surface area contributed by atoms with E-state index in [1.54, 1.807) is 6.20 Å². The van der Waals surface area contributed by atoms with Gasteiger partial charge < -0.3 is 5.32 Å². The molecule has 0 radical (unpaired) electrons. The van der Waals surface area contributed by atoms with E-state index in [0.717, 1.165) is 18.5 Å². The molecule has 1 saturated heterocycles. The highest BCUT2D eigenvalue weighted by Gasteiger charge is 2.18. The Morgan fingerprint density at radius 3 is 3.20 bits per heavy atom. The number of hydrogen-bond acceptors (Lipinski definition) is 3. The predicted octanol–water partition coefficient (Wildman–Crippen LogP) is 1.25. The molecule has 2 atom stereocenters. The van der Waals surface area contributed by atoms with Crippen molar-refractivity contribution in [3.63, 3.8) is 0 Å². The summed E-state index contributed by atoms with van der Waals surface area (Å²) in [6.45, 7) is 3.05. The Morgan fingerprint density at radius 2 is 2.53 bits per heavy atom. The van der Waals surface area contributed by atoms with E-state index in [9.17, 15) is 4.21 Å². The van der Waals surface area contributed by atoms with Gasteiger partial charge in [0.05, 0.1) is 10.8 Å². The number of pyridine rings is 1. The van der Waals surface area contributed by atoms with Gasteiger partial charge in [0.2, 0.25) is 0 Å². The molecule has 1 aromatic rings. The summed E-state index contributed by atoms with van der Waals surface area (Å²) < 4.78 is 12.0. The van der Waals surface area contributed by atoms with E-state index < -0.39 is 10.8 Å². The lowest BCUT2D eigenvalue weighted by molar-refractivity contribution is 0.641. The van der Waals surface area contributed by atoms with Gasteiger partial charge in [-0.05, 0) is 44.0 Å². The fraction of sp³-hybridized carbons (Fsp3) is 0.545. The van der Waals surface area contributed by atoms with E-state index >= 15 is 0 Å². The van der Waals surface area contributed by atoms with Gasteiger partial charge in [0, 0.05) is 18.0 Å². The molecule has 3 nitrogen and oxygen atoms in total. The summed E-state index contributed by atoms with van der Waals surface area (Å²) in [5.74, 6) is 0.691. The van der Waals surface area contributed by atoms with Gasteiger partial charge in [0.1, 0.15) is 5.03 Å². The first-order valence-electron chi connectivity index (χ1n) is 5.30. The smallest absolute Gasteiger partial charge is 0.127 e. The van der Waals surface area contributed by atoms with Crippen molar-refractivity contribution in [3.05, 3.63) is 23.9 Å². The van der Waals surface area contributed by atoms with Crippen LogP contribution in [0.25, 0.3) is 0 Å². The van der Waals surface area contributed by atoms with Crippen molar-refractivity contribution < 1.29 is 4.21 Å². The summed E-state index contributed by atoms with van der Waals surface area (Å²) >= 11 is 0. The zero-order valence-corrected chi connectivity index (χ0v) is 9.72. The molecule has 0 spiro atoms. The molecular formula is C11H16N2OS. The molecule has 0 unspecified atom stereocenters. The Hall–Kier alpha value is -0.740. The maximum Gasteiger partial charge on any atom is 0.127 e. The van der Waals surface area contributed by atoms with Crippen LogP contribution in [-0.2, 0) is 10.8 Å². The standard InChI is InChI=1S/C11H16N2OS/c1-9-4-6-13-11(7-9)15(14)8-10-3-2-5-12-10/h4,6-7,10,12H,2-3,5,8H2,1H3/t10-,15+/m1/s1. The monoisotopic (exact) mass is 224 g/mol. The summed E-state index contributed by atoms with van der Waals surface area (Å²) in [5.41, 5.74) is 1.12. The molecule has 4 heteroatoms. The van der Waals surface area contributed by atoms with Crippen LogP contribution in [-0.4, -0.2) is 27.5 Å². The van der Waals surface area contributed by atoms with Crippen LogP contribution in [0.3, 0.4) is 0 Å². The number of aromatic nitrogens is 1. The summed E-state index contributed by atoms with van der Waals surface area (Å²) in [6, 6.07) is 4.24. The molecule has 0 bridgehead atoms. The first-order chi connectivity index (χ1) is 7.25. The number of hydrogen-bond donors (Lipinski definition) is 1. The third-order valence-corrected chi connectivity index (χ3v) is 4.03. The van der Waals surface area contributed by atoms with Crippen LogP contribution in [0.1, 0.15) is 18.4 Å². The molecule has 0 saturated carbocycles. The second-order valence-corrected chi connectivity index (χ2v) is 5.42. The molecule has 2 heterocycles. The van der Waals surface area contributed by atoms with Gasteiger partial charge in [-0.2, -0.15) is 0 Å². The third-order valence-electron chi connectivity index (χ3n) is 2.64. The molecule has 1 aliphatic rings. The first-order valence-corrected chi connectivity index (χ1v) is 6.62. The molecule has 1 aromatic heterocycles. The Kier molecular flexibility index (Phi) is 3.49. The van der Waals surface area contributed by atoms with Crippen LogP contribution in [0.15, 0.2) is 23.4 Å². The fourth-order valence-electron chi connectivity index (χ4n) is 1.80. The van der Waals surface area contributed by atoms with Crippen molar-refractivity contribution >= 4 is 10.8 Å². The summed E-state index contributed by atoms with van der Waals surface area (Å²) in [7, 11) is -0.957. The molecule has 82 valence electrons. The third kappa shape index (κ3) is 2.86. The van der Waals surface area contributed by atoms with Gasteiger partial charge in [0.25, 0.3) is 0 Å². The van der Waals surface area contributed by atoms with Gasteiger partial charge in [-0.1, -0.05) is 0 Å². The normalized spacial score (nSPS) is 22.9. The Labute approximate surface area is 92.8 Å². The van der Waals surface area contributed by atoms with Gasteiger partial charge in [-0.15, -0.1) is 0 Å². The molecular weight excluding hydrogens is 208 g/mol. The van der Waals surface area contributed by atoms with E-state index in [4.69, 9.17) is 0 Å². The van der Waals surface area contributed by atoms with Crippen molar-refractivity contribution in [2.24, 2.45) is 0 Å². The second kappa shape index (κ2) is 4.86. The van der Waals surface area contributed by atoms with Crippen molar-refractivity contribution in [1.82, 2.24) is 10.3 Å². The Balaban J connectivity index is 2.01. The van der Waals surface area contributed by atoms with Crippen LogP contribution in [0.5, 0.6) is 0 Å². The number of aryl methyl sites for hydroxylation is 1. The lowest BCUT2D eigenvalue weighted by Crippen LogP contribution is -2.27. The lowest BCUT2D eigenvalue weighted by Gasteiger charge is -2.09. The van der Waals surface area contributed by atoms with Crippen LogP contribution >= 0.6 is 0 Å². The quantitative estimate of drug-likeness (QED) is 0.840. The van der Waals surface area contributed by atoms with Crippen LogP contribution in [0.4, 0.5) is 0 Å². The molecule has 1 fully saturated rings.